The molecule has 1 aliphatic rings. The van der Waals surface area contributed by atoms with Gasteiger partial charge in [0.1, 0.15) is 17.4 Å². The van der Waals surface area contributed by atoms with Gasteiger partial charge in [-0.3, -0.25) is 4.98 Å². The number of pyridine rings is 2. The average Bonchev–Trinajstić information content (AvgIpc) is 2.93. The van der Waals surface area contributed by atoms with Gasteiger partial charge in [0, 0.05) is 39.7 Å². The first-order valence-electron chi connectivity index (χ1n) is 12.1. The molecular formula is C31H24N5OPt-. The molecule has 0 spiro atoms. The molecule has 0 aliphatic carbocycles. The number of benzene rings is 3. The number of nitriles is 1. The van der Waals surface area contributed by atoms with E-state index in [1.165, 1.54) is 0 Å². The predicted octanol–water partition coefficient (Wildman–Crippen LogP) is 7.35. The first-order valence-corrected chi connectivity index (χ1v) is 12.1. The third-order valence-electron chi connectivity index (χ3n) is 6.85. The molecule has 0 amide bonds. The third-order valence-corrected chi connectivity index (χ3v) is 6.85. The van der Waals surface area contributed by atoms with Gasteiger partial charge in [-0.1, -0.05) is 44.2 Å². The van der Waals surface area contributed by atoms with Crippen molar-refractivity contribution in [1.82, 2.24) is 9.97 Å². The molecule has 0 saturated carbocycles. The summed E-state index contributed by atoms with van der Waals surface area (Å²) < 4.78 is 0. The van der Waals surface area contributed by atoms with Gasteiger partial charge in [0.2, 0.25) is 0 Å². The second kappa shape index (κ2) is 9.93. The van der Waals surface area contributed by atoms with Crippen LogP contribution in [0.3, 0.4) is 0 Å². The van der Waals surface area contributed by atoms with Gasteiger partial charge in [0.05, 0.1) is 16.9 Å². The molecule has 6 rings (SSSR count). The van der Waals surface area contributed by atoms with E-state index in [9.17, 15) is 10.4 Å². The van der Waals surface area contributed by atoms with Crippen molar-refractivity contribution in [2.75, 3.05) is 16.8 Å². The molecule has 3 heterocycles. The van der Waals surface area contributed by atoms with Gasteiger partial charge in [0.25, 0.3) is 0 Å². The maximum atomic E-state index is 10.8. The van der Waals surface area contributed by atoms with E-state index in [4.69, 9.17) is 4.98 Å². The Morgan fingerprint density at radius 1 is 0.947 bits per heavy atom. The number of aromatic hydroxyl groups is 1. The van der Waals surface area contributed by atoms with Crippen LogP contribution < -0.4 is 9.80 Å². The number of rotatable bonds is 3. The van der Waals surface area contributed by atoms with E-state index in [0.29, 0.717) is 11.2 Å². The average molecular weight is 678 g/mol. The fourth-order valence-electron chi connectivity index (χ4n) is 4.99. The van der Waals surface area contributed by atoms with Crippen LogP contribution in [0, 0.1) is 17.4 Å². The van der Waals surface area contributed by atoms with E-state index in [1.54, 1.807) is 12.3 Å². The quantitative estimate of drug-likeness (QED) is 0.202. The summed E-state index contributed by atoms with van der Waals surface area (Å²) in [6, 6.07) is 29.5. The monoisotopic (exact) mass is 677 g/mol. The number of nitrogens with zero attached hydrogens (tertiary/aromatic N) is 5. The third kappa shape index (κ3) is 4.00. The molecule has 0 bridgehead atoms. The molecular weight excluding hydrogens is 653 g/mol. The Balaban J connectivity index is 0.00000294. The summed E-state index contributed by atoms with van der Waals surface area (Å²) >= 11 is 0. The van der Waals surface area contributed by atoms with Crippen molar-refractivity contribution in [2.45, 2.75) is 19.8 Å². The van der Waals surface area contributed by atoms with Crippen molar-refractivity contribution in [3.63, 3.8) is 0 Å². The molecule has 2 aromatic heterocycles. The van der Waals surface area contributed by atoms with E-state index in [1.807, 2.05) is 55.6 Å². The number of phenols is 1. The number of phenolic OH excluding ortho intramolecular Hbond substituents is 1. The van der Waals surface area contributed by atoms with Gasteiger partial charge in [0.15, 0.2) is 5.75 Å². The molecule has 5 aromatic rings. The zero-order valence-electron chi connectivity index (χ0n) is 21.1. The van der Waals surface area contributed by atoms with Crippen molar-refractivity contribution in [1.29, 1.82) is 5.26 Å². The summed E-state index contributed by atoms with van der Waals surface area (Å²) in [7, 11) is 2.05. The molecule has 1 aliphatic heterocycles. The van der Waals surface area contributed by atoms with Crippen LogP contribution in [0.1, 0.15) is 30.9 Å². The number of hydrogen-bond acceptors (Lipinski definition) is 6. The standard InChI is InChI=1S/C31H24N5O.Pt/c1-19(2)23-16-21(18-32)31(37)30-22(23)12-13-24(34-30)20-11-14-26-28(17-20)36(29-10-6-7-15-33-29)27-9-5-4-8-25(27)35(26)3;/h4-16,19,37H,1-3H3;/q-1;. The summed E-state index contributed by atoms with van der Waals surface area (Å²) in [4.78, 5) is 13.7. The van der Waals surface area contributed by atoms with Crippen molar-refractivity contribution >= 4 is 39.5 Å². The van der Waals surface area contributed by atoms with Gasteiger partial charge < -0.3 is 14.9 Å². The maximum Gasteiger partial charge on any atom is 0.158 e. The zero-order valence-corrected chi connectivity index (χ0v) is 23.4. The van der Waals surface area contributed by atoms with E-state index in [0.717, 1.165) is 45.1 Å². The second-order valence-corrected chi connectivity index (χ2v) is 9.40. The Kier molecular flexibility index (Phi) is 6.65. The number of fused-ring (bicyclic) bond motifs is 3. The number of anilines is 5. The van der Waals surface area contributed by atoms with Crippen molar-refractivity contribution < 1.29 is 26.2 Å². The van der Waals surface area contributed by atoms with Crippen LogP contribution in [0.4, 0.5) is 28.6 Å². The van der Waals surface area contributed by atoms with Crippen LogP contribution in [-0.2, 0) is 21.1 Å². The zero-order chi connectivity index (χ0) is 25.7. The van der Waals surface area contributed by atoms with Gasteiger partial charge >= 0.3 is 0 Å². The molecule has 0 fully saturated rings. The van der Waals surface area contributed by atoms with E-state index >= 15 is 0 Å². The first kappa shape index (κ1) is 25.4. The van der Waals surface area contributed by atoms with Crippen LogP contribution in [0.15, 0.2) is 79.0 Å². The first-order chi connectivity index (χ1) is 18.0. The number of para-hydroxylation sites is 2. The fraction of sp³-hybridized carbons (Fsp3) is 0.129. The minimum absolute atomic E-state index is 0. The topological polar surface area (TPSA) is 76.3 Å². The van der Waals surface area contributed by atoms with Crippen molar-refractivity contribution in [3.8, 4) is 23.1 Å². The summed E-state index contributed by atoms with van der Waals surface area (Å²) in [5.74, 6) is 0.883. The molecule has 1 N–H and O–H groups in total. The second-order valence-electron chi connectivity index (χ2n) is 9.40. The minimum Gasteiger partial charge on any atom is -0.504 e. The SMILES string of the molecule is CC(C)c1cc(C#N)c(O)c2nc(-c3[c-]c4c(cc3)N(C)c3ccccc3N4c3ccccn3)ccc12.[Pt]. The normalized spacial score (nSPS) is 12.1. The van der Waals surface area contributed by atoms with Crippen LogP contribution in [0.25, 0.3) is 22.2 Å². The van der Waals surface area contributed by atoms with Crippen LogP contribution in [0.5, 0.6) is 5.75 Å². The molecule has 0 unspecified atom stereocenters. The van der Waals surface area contributed by atoms with E-state index in [2.05, 4.69) is 59.0 Å². The Bertz CT molecular complexity index is 1710. The Morgan fingerprint density at radius 2 is 1.71 bits per heavy atom. The maximum absolute atomic E-state index is 10.8. The Morgan fingerprint density at radius 3 is 2.42 bits per heavy atom. The van der Waals surface area contributed by atoms with Crippen LogP contribution in [-0.4, -0.2) is 22.1 Å². The molecule has 0 saturated heterocycles. The molecule has 190 valence electrons. The van der Waals surface area contributed by atoms with Gasteiger partial charge in [-0.15, -0.1) is 23.8 Å². The smallest absolute Gasteiger partial charge is 0.158 e. The van der Waals surface area contributed by atoms with E-state index < -0.39 is 0 Å². The van der Waals surface area contributed by atoms with Crippen LogP contribution in [0.2, 0.25) is 0 Å². The predicted molar refractivity (Wildman–Crippen MR) is 147 cm³/mol. The summed E-state index contributed by atoms with van der Waals surface area (Å²) in [6.07, 6.45) is 1.78. The molecule has 0 radical (unpaired) electrons. The molecule has 0 atom stereocenters. The molecule has 6 nitrogen and oxygen atoms in total. The number of hydrogen-bond donors (Lipinski definition) is 1. The molecule has 7 heteroatoms. The summed E-state index contributed by atoms with van der Waals surface area (Å²) in [6.45, 7) is 4.14. The fourth-order valence-corrected chi connectivity index (χ4v) is 4.99. The number of aromatic nitrogens is 2. The van der Waals surface area contributed by atoms with E-state index in [-0.39, 0.29) is 38.3 Å². The van der Waals surface area contributed by atoms with Crippen LogP contribution >= 0.6 is 0 Å². The van der Waals surface area contributed by atoms with Gasteiger partial charge in [-0.25, -0.2) is 4.98 Å². The van der Waals surface area contributed by atoms with Gasteiger partial charge in [-0.2, -0.15) is 5.26 Å². The Hall–Kier alpha value is -4.20. The molecule has 38 heavy (non-hydrogen) atoms. The summed E-state index contributed by atoms with van der Waals surface area (Å²) in [5, 5.41) is 21.3. The molecule has 3 aromatic carbocycles. The Labute approximate surface area is 236 Å². The minimum atomic E-state index is -0.0921. The largest absolute Gasteiger partial charge is 0.504 e. The van der Waals surface area contributed by atoms with Crippen molar-refractivity contribution in [2.24, 2.45) is 0 Å². The van der Waals surface area contributed by atoms with Gasteiger partial charge in [-0.05, 0) is 58.9 Å². The van der Waals surface area contributed by atoms with Crippen molar-refractivity contribution in [3.05, 3.63) is 96.2 Å². The summed E-state index contributed by atoms with van der Waals surface area (Å²) in [5.41, 5.74) is 7.01.